The van der Waals surface area contributed by atoms with Crippen LogP contribution in [0.15, 0.2) is 6.08 Å². The van der Waals surface area contributed by atoms with Gasteiger partial charge in [0.2, 0.25) is 5.88 Å². The molecule has 1 heterocycles. The van der Waals surface area contributed by atoms with Gasteiger partial charge in [0.15, 0.2) is 0 Å². The van der Waals surface area contributed by atoms with Gasteiger partial charge in [-0.15, -0.1) is 0 Å². The molecule has 0 unspecified atom stereocenters. The summed E-state index contributed by atoms with van der Waals surface area (Å²) >= 11 is 0. The number of ether oxygens (including phenoxy) is 1. The number of rotatable bonds is 2. The van der Waals surface area contributed by atoms with E-state index >= 15 is 0 Å². The molecular weight excluding hydrogens is 200 g/mol. The molecule has 3 nitrogen and oxygen atoms in total. The maximum atomic E-state index is 9.18. The summed E-state index contributed by atoms with van der Waals surface area (Å²) < 4.78 is 5.19. The zero-order valence-corrected chi connectivity index (χ0v) is 9.58. The van der Waals surface area contributed by atoms with Crippen LogP contribution in [-0.2, 0) is 12.8 Å². The van der Waals surface area contributed by atoms with Gasteiger partial charge in [-0.3, -0.25) is 0 Å². The van der Waals surface area contributed by atoms with Crippen LogP contribution >= 0.6 is 0 Å². The second-order valence-corrected chi connectivity index (χ2v) is 3.74. The highest BCUT2D eigenvalue weighted by atomic mass is 16.5. The lowest BCUT2D eigenvalue weighted by atomic mass is 9.92. The third kappa shape index (κ3) is 1.57. The molecule has 0 saturated heterocycles. The number of aromatic nitrogens is 1. The van der Waals surface area contributed by atoms with E-state index in [1.54, 1.807) is 7.11 Å². The number of hydrogen-bond acceptors (Lipinski definition) is 3. The largest absolute Gasteiger partial charge is 0.480 e. The number of fused-ring (bicyclic) bond motifs is 1. The number of hydrogen-bond donors (Lipinski definition) is 0. The van der Waals surface area contributed by atoms with Crippen LogP contribution in [-0.4, -0.2) is 12.1 Å². The molecule has 0 atom stereocenters. The minimum Gasteiger partial charge on any atom is -0.480 e. The monoisotopic (exact) mass is 214 g/mol. The summed E-state index contributed by atoms with van der Waals surface area (Å²) in [5.41, 5.74) is 3.82. The Bertz CT molecular complexity index is 484. The Kier molecular flexibility index (Phi) is 2.91. The molecule has 0 fully saturated rings. The van der Waals surface area contributed by atoms with Crippen molar-refractivity contribution in [2.75, 3.05) is 7.11 Å². The first-order chi connectivity index (χ1) is 7.81. The van der Waals surface area contributed by atoms with Gasteiger partial charge < -0.3 is 4.74 Å². The van der Waals surface area contributed by atoms with Crippen molar-refractivity contribution in [1.29, 1.82) is 5.26 Å². The first kappa shape index (κ1) is 10.7. The molecule has 0 spiro atoms. The Hall–Kier alpha value is -1.82. The fourth-order valence-electron chi connectivity index (χ4n) is 2.09. The zero-order valence-electron chi connectivity index (χ0n) is 9.58. The predicted octanol–water partition coefficient (Wildman–Crippen LogP) is 2.48. The van der Waals surface area contributed by atoms with Crippen LogP contribution < -0.4 is 4.74 Å². The van der Waals surface area contributed by atoms with E-state index in [2.05, 4.69) is 30.1 Å². The number of nitriles is 1. The van der Waals surface area contributed by atoms with Gasteiger partial charge in [0.05, 0.1) is 12.8 Å². The fourth-order valence-corrected chi connectivity index (χ4v) is 2.09. The highest BCUT2D eigenvalue weighted by Crippen LogP contribution is 2.30. The van der Waals surface area contributed by atoms with Gasteiger partial charge in [0, 0.05) is 5.56 Å². The lowest BCUT2D eigenvalue weighted by molar-refractivity contribution is 0.394. The maximum Gasteiger partial charge on any atom is 0.231 e. The molecule has 0 saturated carbocycles. The molecule has 0 amide bonds. The third-order valence-corrected chi connectivity index (χ3v) is 2.87. The summed E-state index contributed by atoms with van der Waals surface area (Å²) in [7, 11) is 1.56. The predicted molar refractivity (Wildman–Crippen MR) is 62.2 cm³/mol. The molecule has 1 aliphatic carbocycles. The average Bonchev–Trinajstić information content (AvgIpc) is 2.36. The van der Waals surface area contributed by atoms with Crippen molar-refractivity contribution in [3.8, 4) is 11.9 Å². The number of allylic oxidation sites excluding steroid dienone is 1. The molecule has 0 N–H and O–H groups in total. The molecule has 3 heteroatoms. The Labute approximate surface area is 95.4 Å². The van der Waals surface area contributed by atoms with Crippen LogP contribution in [0.5, 0.6) is 5.88 Å². The van der Waals surface area contributed by atoms with Crippen LogP contribution in [0.25, 0.3) is 6.08 Å². The zero-order chi connectivity index (χ0) is 11.5. The van der Waals surface area contributed by atoms with Crippen molar-refractivity contribution in [3.05, 3.63) is 28.5 Å². The first-order valence-electron chi connectivity index (χ1n) is 5.48. The van der Waals surface area contributed by atoms with Crippen molar-refractivity contribution in [2.24, 2.45) is 0 Å². The van der Waals surface area contributed by atoms with Crippen LogP contribution in [0, 0.1) is 11.3 Å². The molecule has 0 aromatic carbocycles. The second kappa shape index (κ2) is 4.36. The molecule has 0 radical (unpaired) electrons. The van der Waals surface area contributed by atoms with E-state index in [9.17, 15) is 5.26 Å². The Balaban J connectivity index is 2.72. The fraction of sp³-hybridized carbons (Fsp3) is 0.385. The molecule has 16 heavy (non-hydrogen) atoms. The van der Waals surface area contributed by atoms with Crippen molar-refractivity contribution in [3.63, 3.8) is 0 Å². The Morgan fingerprint density at radius 3 is 3.00 bits per heavy atom. The summed E-state index contributed by atoms with van der Waals surface area (Å²) in [6, 6.07) is 2.20. The summed E-state index contributed by atoms with van der Waals surface area (Å²) in [5, 5.41) is 9.18. The SMILES string of the molecule is CCc1nc(OC)c(C#N)c2c1C=CCC2. The number of aryl methyl sites for hydroxylation is 1. The summed E-state index contributed by atoms with van der Waals surface area (Å²) in [4.78, 5) is 4.40. The normalized spacial score (nSPS) is 13.1. The second-order valence-electron chi connectivity index (χ2n) is 3.74. The van der Waals surface area contributed by atoms with Gasteiger partial charge in [0.1, 0.15) is 11.6 Å². The molecular formula is C13H14N2O. The molecule has 2 rings (SSSR count). The summed E-state index contributed by atoms with van der Waals surface area (Å²) in [6.45, 7) is 2.07. The van der Waals surface area contributed by atoms with Crippen LogP contribution in [0.2, 0.25) is 0 Å². The van der Waals surface area contributed by atoms with Gasteiger partial charge in [0.25, 0.3) is 0 Å². The van der Waals surface area contributed by atoms with E-state index in [1.165, 1.54) is 0 Å². The molecule has 1 aliphatic rings. The number of nitrogens with zero attached hydrogens (tertiary/aromatic N) is 2. The summed E-state index contributed by atoms with van der Waals surface area (Å²) in [5.74, 6) is 0.466. The van der Waals surface area contributed by atoms with Gasteiger partial charge in [-0.1, -0.05) is 19.1 Å². The Morgan fingerprint density at radius 2 is 2.38 bits per heavy atom. The van der Waals surface area contributed by atoms with Crippen molar-refractivity contribution in [1.82, 2.24) is 4.98 Å². The standard InChI is InChI=1S/C13H14N2O/c1-3-12-10-7-5-4-6-9(10)11(8-14)13(15-12)16-2/h5,7H,3-4,6H2,1-2H3. The minimum atomic E-state index is 0.466. The van der Waals surface area contributed by atoms with Crippen molar-refractivity contribution in [2.45, 2.75) is 26.2 Å². The lowest BCUT2D eigenvalue weighted by Crippen LogP contribution is -2.07. The van der Waals surface area contributed by atoms with Gasteiger partial charge in [-0.2, -0.15) is 5.26 Å². The number of methoxy groups -OCH3 is 1. The third-order valence-electron chi connectivity index (χ3n) is 2.87. The number of pyridine rings is 1. The lowest BCUT2D eigenvalue weighted by Gasteiger charge is -2.17. The highest BCUT2D eigenvalue weighted by Gasteiger charge is 2.19. The maximum absolute atomic E-state index is 9.18. The van der Waals surface area contributed by atoms with Crippen LogP contribution in [0.3, 0.4) is 0 Å². The van der Waals surface area contributed by atoms with E-state index in [0.717, 1.165) is 36.1 Å². The van der Waals surface area contributed by atoms with Crippen molar-refractivity contribution >= 4 is 6.08 Å². The molecule has 82 valence electrons. The highest BCUT2D eigenvalue weighted by molar-refractivity contribution is 5.64. The van der Waals surface area contributed by atoms with E-state index in [-0.39, 0.29) is 0 Å². The van der Waals surface area contributed by atoms with E-state index in [4.69, 9.17) is 4.74 Å². The minimum absolute atomic E-state index is 0.466. The van der Waals surface area contributed by atoms with Crippen LogP contribution in [0.1, 0.15) is 35.7 Å². The van der Waals surface area contributed by atoms with Gasteiger partial charge >= 0.3 is 0 Å². The quantitative estimate of drug-likeness (QED) is 0.759. The van der Waals surface area contributed by atoms with Gasteiger partial charge in [-0.25, -0.2) is 4.98 Å². The molecule has 0 bridgehead atoms. The van der Waals surface area contributed by atoms with Crippen molar-refractivity contribution < 1.29 is 4.74 Å². The van der Waals surface area contributed by atoms with Gasteiger partial charge in [-0.05, 0) is 24.8 Å². The molecule has 1 aromatic rings. The smallest absolute Gasteiger partial charge is 0.231 e. The van der Waals surface area contributed by atoms with E-state index in [1.807, 2.05) is 0 Å². The first-order valence-corrected chi connectivity index (χ1v) is 5.48. The van der Waals surface area contributed by atoms with Crippen LogP contribution in [0.4, 0.5) is 0 Å². The van der Waals surface area contributed by atoms with E-state index < -0.39 is 0 Å². The summed E-state index contributed by atoms with van der Waals surface area (Å²) in [6.07, 6.45) is 6.95. The topological polar surface area (TPSA) is 45.9 Å². The molecule has 0 aliphatic heterocycles. The average molecular weight is 214 g/mol. The van der Waals surface area contributed by atoms with E-state index in [0.29, 0.717) is 11.4 Å². The Morgan fingerprint density at radius 1 is 1.56 bits per heavy atom. The molecule has 1 aromatic heterocycles.